The van der Waals surface area contributed by atoms with Crippen molar-refractivity contribution in [3.05, 3.63) is 46.2 Å². The lowest BCUT2D eigenvalue weighted by Crippen LogP contribution is -2.20. The summed E-state index contributed by atoms with van der Waals surface area (Å²) >= 11 is 3.36. The normalized spacial score (nSPS) is 10.7. The fourth-order valence-electron chi connectivity index (χ4n) is 1.26. The van der Waals surface area contributed by atoms with Gasteiger partial charge >= 0.3 is 0 Å². The molecule has 0 fully saturated rings. The third-order valence-corrected chi connectivity index (χ3v) is 2.58. The highest BCUT2D eigenvalue weighted by Crippen LogP contribution is 2.12. The van der Waals surface area contributed by atoms with Gasteiger partial charge in [-0.25, -0.2) is 0 Å². The topological polar surface area (TPSA) is 83.6 Å². The highest BCUT2D eigenvalue weighted by atomic mass is 79.9. The third-order valence-electron chi connectivity index (χ3n) is 2.09. The van der Waals surface area contributed by atoms with Crippen LogP contribution in [0.5, 0.6) is 0 Å². The molecule has 18 heavy (non-hydrogen) atoms. The third kappa shape index (κ3) is 3.77. The standard InChI is InChI=1S/C11H10BrN5O/c12-9-3-1-2-8(6-9)4-5-11(18)13-7-10-14-16-17-15-10/h1-6H,7H2,(H,13,18)(H,14,15,16,17)/b5-4+. The SMILES string of the molecule is O=C(/C=C/c1cccc(Br)c1)NCc1nn[nH]n1. The van der Waals surface area contributed by atoms with Gasteiger partial charge in [0, 0.05) is 10.5 Å². The number of rotatable bonds is 4. The number of halogens is 1. The Morgan fingerprint density at radius 1 is 1.50 bits per heavy atom. The number of benzene rings is 1. The van der Waals surface area contributed by atoms with Crippen molar-refractivity contribution in [2.75, 3.05) is 0 Å². The number of H-pyrrole nitrogens is 1. The fraction of sp³-hybridized carbons (Fsp3) is 0.0909. The molecule has 0 aliphatic rings. The second-order valence-corrected chi connectivity index (χ2v) is 4.35. The molecular formula is C11H10BrN5O. The van der Waals surface area contributed by atoms with Gasteiger partial charge in [0.05, 0.1) is 6.54 Å². The van der Waals surface area contributed by atoms with Gasteiger partial charge < -0.3 is 5.32 Å². The number of carbonyl (C=O) groups excluding carboxylic acids is 1. The van der Waals surface area contributed by atoms with Crippen LogP contribution in [0.25, 0.3) is 6.08 Å². The zero-order valence-corrected chi connectivity index (χ0v) is 10.9. The summed E-state index contributed by atoms with van der Waals surface area (Å²) in [5, 5.41) is 15.8. The van der Waals surface area contributed by atoms with E-state index in [-0.39, 0.29) is 12.5 Å². The molecule has 0 saturated carbocycles. The lowest BCUT2D eigenvalue weighted by Gasteiger charge is -1.97. The van der Waals surface area contributed by atoms with Crippen molar-refractivity contribution in [2.24, 2.45) is 0 Å². The molecule has 0 unspecified atom stereocenters. The zero-order valence-electron chi connectivity index (χ0n) is 9.30. The maximum absolute atomic E-state index is 11.5. The zero-order chi connectivity index (χ0) is 12.8. The Morgan fingerprint density at radius 2 is 2.39 bits per heavy atom. The Hall–Kier alpha value is -2.02. The first kappa shape index (κ1) is 12.4. The van der Waals surface area contributed by atoms with Crippen LogP contribution in [0, 0.1) is 0 Å². The van der Waals surface area contributed by atoms with Gasteiger partial charge in [-0.2, -0.15) is 5.21 Å². The number of hydrogen-bond donors (Lipinski definition) is 2. The summed E-state index contributed by atoms with van der Waals surface area (Å²) in [5.41, 5.74) is 0.944. The molecule has 0 aliphatic carbocycles. The van der Waals surface area contributed by atoms with Gasteiger partial charge in [-0.15, -0.1) is 10.2 Å². The van der Waals surface area contributed by atoms with Crippen LogP contribution in [0.1, 0.15) is 11.4 Å². The highest BCUT2D eigenvalue weighted by molar-refractivity contribution is 9.10. The van der Waals surface area contributed by atoms with Crippen LogP contribution >= 0.6 is 15.9 Å². The molecule has 7 heteroatoms. The van der Waals surface area contributed by atoms with E-state index in [1.54, 1.807) is 6.08 Å². The number of nitrogens with one attached hydrogen (secondary N) is 2. The smallest absolute Gasteiger partial charge is 0.244 e. The molecule has 2 rings (SSSR count). The van der Waals surface area contributed by atoms with Crippen molar-refractivity contribution in [3.8, 4) is 0 Å². The lowest BCUT2D eigenvalue weighted by molar-refractivity contribution is -0.116. The fourth-order valence-corrected chi connectivity index (χ4v) is 1.68. The van der Waals surface area contributed by atoms with Gasteiger partial charge in [0.2, 0.25) is 5.91 Å². The predicted molar refractivity (Wildman–Crippen MR) is 69.2 cm³/mol. The van der Waals surface area contributed by atoms with E-state index in [1.165, 1.54) is 6.08 Å². The van der Waals surface area contributed by atoms with Crippen LogP contribution in [0.3, 0.4) is 0 Å². The van der Waals surface area contributed by atoms with Crippen LogP contribution in [-0.4, -0.2) is 26.5 Å². The number of nitrogens with zero attached hydrogens (tertiary/aromatic N) is 3. The van der Waals surface area contributed by atoms with E-state index < -0.39 is 0 Å². The van der Waals surface area contributed by atoms with E-state index in [9.17, 15) is 4.79 Å². The van der Waals surface area contributed by atoms with Crippen molar-refractivity contribution < 1.29 is 4.79 Å². The Balaban J connectivity index is 1.87. The molecule has 2 N–H and O–H groups in total. The average Bonchev–Trinajstić information content (AvgIpc) is 2.87. The molecule has 0 radical (unpaired) electrons. The van der Waals surface area contributed by atoms with Gasteiger partial charge in [0.1, 0.15) is 0 Å². The first-order valence-electron chi connectivity index (χ1n) is 5.18. The summed E-state index contributed by atoms with van der Waals surface area (Å²) in [7, 11) is 0. The van der Waals surface area contributed by atoms with Gasteiger partial charge in [0.25, 0.3) is 0 Å². The van der Waals surface area contributed by atoms with Crippen LogP contribution < -0.4 is 5.32 Å². The summed E-state index contributed by atoms with van der Waals surface area (Å²) in [6.07, 6.45) is 3.19. The molecule has 0 aliphatic heterocycles. The molecule has 6 nitrogen and oxygen atoms in total. The summed E-state index contributed by atoms with van der Waals surface area (Å²) in [4.78, 5) is 11.5. The number of aromatic amines is 1. The largest absolute Gasteiger partial charge is 0.345 e. The molecule has 1 aromatic carbocycles. The van der Waals surface area contributed by atoms with Crippen molar-refractivity contribution in [3.63, 3.8) is 0 Å². The number of aromatic nitrogens is 4. The van der Waals surface area contributed by atoms with E-state index >= 15 is 0 Å². The Kier molecular flexibility index (Phi) is 4.19. The quantitative estimate of drug-likeness (QED) is 0.834. The highest BCUT2D eigenvalue weighted by Gasteiger charge is 2.00. The second kappa shape index (κ2) is 6.06. The number of tetrazole rings is 1. The van der Waals surface area contributed by atoms with Gasteiger partial charge in [0.15, 0.2) is 5.82 Å². The molecule has 0 atom stereocenters. The molecular weight excluding hydrogens is 298 g/mol. The molecule has 1 heterocycles. The molecule has 1 aromatic heterocycles. The van der Waals surface area contributed by atoms with Gasteiger partial charge in [-0.3, -0.25) is 4.79 Å². The summed E-state index contributed by atoms with van der Waals surface area (Å²) in [6.45, 7) is 0.248. The average molecular weight is 308 g/mol. The molecule has 0 saturated heterocycles. The maximum Gasteiger partial charge on any atom is 0.244 e. The maximum atomic E-state index is 11.5. The van der Waals surface area contributed by atoms with Gasteiger partial charge in [-0.1, -0.05) is 33.3 Å². The van der Waals surface area contributed by atoms with Crippen LogP contribution in [0.2, 0.25) is 0 Å². The monoisotopic (exact) mass is 307 g/mol. The minimum atomic E-state index is -0.209. The molecule has 92 valence electrons. The summed E-state index contributed by atoms with van der Waals surface area (Å²) < 4.78 is 0.969. The first-order chi connectivity index (χ1) is 8.74. The summed E-state index contributed by atoms with van der Waals surface area (Å²) in [6, 6.07) is 7.66. The van der Waals surface area contributed by atoms with Crippen LogP contribution in [0.4, 0.5) is 0 Å². The van der Waals surface area contributed by atoms with E-state index in [0.717, 1.165) is 10.0 Å². The minimum absolute atomic E-state index is 0.209. The van der Waals surface area contributed by atoms with Crippen LogP contribution in [-0.2, 0) is 11.3 Å². The number of carbonyl (C=O) groups is 1. The van der Waals surface area contributed by atoms with Gasteiger partial charge in [-0.05, 0) is 23.8 Å². The number of amides is 1. The van der Waals surface area contributed by atoms with E-state index in [0.29, 0.717) is 5.82 Å². The van der Waals surface area contributed by atoms with Crippen molar-refractivity contribution in [1.82, 2.24) is 25.9 Å². The predicted octanol–water partition coefficient (Wildman–Crippen LogP) is 1.29. The Bertz CT molecular complexity index is 552. The van der Waals surface area contributed by atoms with E-state index in [1.807, 2.05) is 24.3 Å². The molecule has 0 spiro atoms. The van der Waals surface area contributed by atoms with E-state index in [4.69, 9.17) is 0 Å². The van der Waals surface area contributed by atoms with Crippen molar-refractivity contribution in [1.29, 1.82) is 0 Å². The van der Waals surface area contributed by atoms with Crippen molar-refractivity contribution in [2.45, 2.75) is 6.54 Å². The second-order valence-electron chi connectivity index (χ2n) is 3.43. The molecule has 1 amide bonds. The van der Waals surface area contributed by atoms with Crippen molar-refractivity contribution >= 4 is 27.9 Å². The first-order valence-corrected chi connectivity index (χ1v) is 5.97. The molecule has 0 bridgehead atoms. The summed E-state index contributed by atoms with van der Waals surface area (Å²) in [5.74, 6) is 0.235. The van der Waals surface area contributed by atoms with E-state index in [2.05, 4.69) is 41.9 Å². The minimum Gasteiger partial charge on any atom is -0.345 e. The lowest BCUT2D eigenvalue weighted by atomic mass is 10.2. The van der Waals surface area contributed by atoms with Crippen LogP contribution in [0.15, 0.2) is 34.8 Å². The Morgan fingerprint density at radius 3 is 3.11 bits per heavy atom. The molecule has 2 aromatic rings. The Labute approximate surface area is 112 Å². The number of hydrogen-bond acceptors (Lipinski definition) is 4.